The van der Waals surface area contributed by atoms with Crippen molar-refractivity contribution in [2.45, 2.75) is 26.3 Å². The lowest BCUT2D eigenvalue weighted by Gasteiger charge is -2.02. The molecule has 0 radical (unpaired) electrons. The van der Waals surface area contributed by atoms with E-state index >= 15 is 0 Å². The highest BCUT2D eigenvalue weighted by molar-refractivity contribution is 6.34. The first-order valence-corrected chi connectivity index (χ1v) is 5.68. The van der Waals surface area contributed by atoms with Gasteiger partial charge in [0.25, 0.3) is 0 Å². The molecule has 0 aliphatic heterocycles. The van der Waals surface area contributed by atoms with Gasteiger partial charge in [0.15, 0.2) is 0 Å². The van der Waals surface area contributed by atoms with E-state index in [1.54, 1.807) is 0 Å². The molecule has 16 heavy (non-hydrogen) atoms. The second kappa shape index (κ2) is 4.66. The van der Waals surface area contributed by atoms with Crippen molar-refractivity contribution in [1.29, 1.82) is 0 Å². The van der Waals surface area contributed by atoms with Crippen LogP contribution >= 0.6 is 11.6 Å². The molecule has 0 N–H and O–H groups in total. The number of halogens is 1. The minimum Gasteiger partial charge on any atom is -0.332 e. The van der Waals surface area contributed by atoms with Gasteiger partial charge in [0.05, 0.1) is 5.39 Å². The summed E-state index contributed by atoms with van der Waals surface area (Å²) < 4.78 is 2.13. The molecule has 0 aliphatic carbocycles. The Morgan fingerprint density at radius 2 is 2.31 bits per heavy atom. The molecule has 0 saturated heterocycles. The first-order chi connectivity index (χ1) is 7.74. The molecule has 0 bridgehead atoms. The van der Waals surface area contributed by atoms with Gasteiger partial charge in [-0.3, -0.25) is 0 Å². The zero-order chi connectivity index (χ0) is 11.5. The molecule has 2 aromatic rings. The van der Waals surface area contributed by atoms with Crippen molar-refractivity contribution in [3.05, 3.63) is 35.9 Å². The average Bonchev–Trinajstić information content (AvgIpc) is 2.58. The fourth-order valence-electron chi connectivity index (χ4n) is 1.85. The third kappa shape index (κ3) is 1.95. The number of allylic oxidation sites excluding steroid dienone is 1. The first kappa shape index (κ1) is 11.1. The van der Waals surface area contributed by atoms with Crippen LogP contribution in [0.3, 0.4) is 0 Å². The summed E-state index contributed by atoms with van der Waals surface area (Å²) in [5.41, 5.74) is 2.04. The standard InChI is InChI=1S/C12H14ClN3/c1-3-4-5-6-16-7-9(2)10-11(13)14-8-15-12(10)16/h3,7-8H,1,4-6H2,2H3. The zero-order valence-electron chi connectivity index (χ0n) is 9.28. The van der Waals surface area contributed by atoms with Gasteiger partial charge in [-0.1, -0.05) is 17.7 Å². The number of aromatic nitrogens is 3. The Morgan fingerprint density at radius 1 is 1.50 bits per heavy atom. The van der Waals surface area contributed by atoms with Crippen LogP contribution in [-0.4, -0.2) is 14.5 Å². The number of nitrogens with zero attached hydrogens (tertiary/aromatic N) is 3. The SMILES string of the molecule is C=CCCCn1cc(C)c2c(Cl)ncnc21. The molecular formula is C12H14ClN3. The normalized spacial score (nSPS) is 10.9. The Bertz CT molecular complexity index is 516. The number of unbranched alkanes of at least 4 members (excludes halogenated alkanes) is 1. The second-order valence-corrected chi connectivity index (χ2v) is 4.16. The second-order valence-electron chi connectivity index (χ2n) is 3.80. The quantitative estimate of drug-likeness (QED) is 0.462. The van der Waals surface area contributed by atoms with E-state index in [4.69, 9.17) is 11.6 Å². The molecular weight excluding hydrogens is 222 g/mol. The van der Waals surface area contributed by atoms with Gasteiger partial charge in [0.2, 0.25) is 0 Å². The van der Waals surface area contributed by atoms with Gasteiger partial charge in [-0.25, -0.2) is 9.97 Å². The maximum Gasteiger partial charge on any atom is 0.145 e. The topological polar surface area (TPSA) is 30.7 Å². The first-order valence-electron chi connectivity index (χ1n) is 5.31. The van der Waals surface area contributed by atoms with Gasteiger partial charge < -0.3 is 4.57 Å². The Hall–Kier alpha value is -1.35. The van der Waals surface area contributed by atoms with Crippen LogP contribution in [0.1, 0.15) is 18.4 Å². The summed E-state index contributed by atoms with van der Waals surface area (Å²) in [4.78, 5) is 8.29. The van der Waals surface area contributed by atoms with Crippen molar-refractivity contribution in [2.24, 2.45) is 0 Å². The summed E-state index contributed by atoms with van der Waals surface area (Å²) in [6, 6.07) is 0. The van der Waals surface area contributed by atoms with E-state index in [1.165, 1.54) is 6.33 Å². The van der Waals surface area contributed by atoms with Crippen molar-refractivity contribution in [3.63, 3.8) is 0 Å². The van der Waals surface area contributed by atoms with Gasteiger partial charge in [-0.05, 0) is 25.3 Å². The molecule has 2 aromatic heterocycles. The Morgan fingerprint density at radius 3 is 3.06 bits per heavy atom. The summed E-state index contributed by atoms with van der Waals surface area (Å²) in [6.45, 7) is 6.68. The van der Waals surface area contributed by atoms with Gasteiger partial charge in [0.1, 0.15) is 17.1 Å². The van der Waals surface area contributed by atoms with Gasteiger partial charge in [-0.15, -0.1) is 6.58 Å². The molecule has 0 unspecified atom stereocenters. The van der Waals surface area contributed by atoms with E-state index in [1.807, 2.05) is 13.0 Å². The number of aryl methyl sites for hydroxylation is 2. The Labute approximate surface area is 99.8 Å². The highest BCUT2D eigenvalue weighted by Crippen LogP contribution is 2.24. The molecule has 0 aromatic carbocycles. The van der Waals surface area contributed by atoms with Crippen molar-refractivity contribution >= 4 is 22.6 Å². The molecule has 0 amide bonds. The molecule has 4 heteroatoms. The van der Waals surface area contributed by atoms with Crippen molar-refractivity contribution in [1.82, 2.24) is 14.5 Å². The molecule has 0 saturated carbocycles. The summed E-state index contributed by atoms with van der Waals surface area (Å²) in [6.07, 6.45) is 7.59. The molecule has 0 aliphatic rings. The smallest absolute Gasteiger partial charge is 0.145 e. The monoisotopic (exact) mass is 235 g/mol. The lowest BCUT2D eigenvalue weighted by atomic mass is 10.3. The highest BCUT2D eigenvalue weighted by atomic mass is 35.5. The maximum atomic E-state index is 6.06. The molecule has 0 atom stereocenters. The van der Waals surface area contributed by atoms with Crippen LogP contribution in [0.2, 0.25) is 5.15 Å². The zero-order valence-corrected chi connectivity index (χ0v) is 10.0. The lowest BCUT2D eigenvalue weighted by molar-refractivity contribution is 0.665. The van der Waals surface area contributed by atoms with Gasteiger partial charge >= 0.3 is 0 Å². The fourth-order valence-corrected chi connectivity index (χ4v) is 2.13. The summed E-state index contributed by atoms with van der Waals surface area (Å²) in [5.74, 6) is 0. The molecule has 3 nitrogen and oxygen atoms in total. The summed E-state index contributed by atoms with van der Waals surface area (Å²) >= 11 is 6.06. The van der Waals surface area contributed by atoms with E-state index in [9.17, 15) is 0 Å². The van der Waals surface area contributed by atoms with Crippen LogP contribution in [0.25, 0.3) is 11.0 Å². The van der Waals surface area contributed by atoms with Crippen LogP contribution in [0.5, 0.6) is 0 Å². The summed E-state index contributed by atoms with van der Waals surface area (Å²) in [5, 5.41) is 1.49. The molecule has 0 fully saturated rings. The number of hydrogen-bond acceptors (Lipinski definition) is 2. The van der Waals surface area contributed by atoms with Crippen LogP contribution in [0.4, 0.5) is 0 Å². The largest absolute Gasteiger partial charge is 0.332 e. The number of rotatable bonds is 4. The minimum absolute atomic E-state index is 0.532. The third-order valence-electron chi connectivity index (χ3n) is 2.60. The molecule has 2 heterocycles. The third-order valence-corrected chi connectivity index (χ3v) is 2.89. The minimum atomic E-state index is 0.532. The lowest BCUT2D eigenvalue weighted by Crippen LogP contribution is -1.97. The predicted octanol–water partition coefficient (Wildman–Crippen LogP) is 3.36. The van der Waals surface area contributed by atoms with E-state index < -0.39 is 0 Å². The van der Waals surface area contributed by atoms with Gasteiger partial charge in [-0.2, -0.15) is 0 Å². The predicted molar refractivity (Wildman–Crippen MR) is 66.7 cm³/mol. The maximum absolute atomic E-state index is 6.06. The van der Waals surface area contributed by atoms with Crippen molar-refractivity contribution < 1.29 is 0 Å². The average molecular weight is 236 g/mol. The van der Waals surface area contributed by atoms with Crippen molar-refractivity contribution in [3.8, 4) is 0 Å². The Kier molecular flexibility index (Phi) is 3.25. The molecule has 84 valence electrons. The fraction of sp³-hybridized carbons (Fsp3) is 0.333. The van der Waals surface area contributed by atoms with Crippen molar-refractivity contribution in [2.75, 3.05) is 0 Å². The Balaban J connectivity index is 2.39. The van der Waals surface area contributed by atoms with E-state index in [-0.39, 0.29) is 0 Å². The van der Waals surface area contributed by atoms with Gasteiger partial charge in [0, 0.05) is 12.7 Å². The van der Waals surface area contributed by atoms with Crippen LogP contribution in [0.15, 0.2) is 25.2 Å². The highest BCUT2D eigenvalue weighted by Gasteiger charge is 2.10. The molecule has 2 rings (SSSR count). The van der Waals surface area contributed by atoms with Crippen LogP contribution in [0, 0.1) is 6.92 Å². The van der Waals surface area contributed by atoms with E-state index in [0.717, 1.165) is 36.0 Å². The summed E-state index contributed by atoms with van der Waals surface area (Å²) in [7, 11) is 0. The van der Waals surface area contributed by atoms with E-state index in [0.29, 0.717) is 5.15 Å². The number of hydrogen-bond donors (Lipinski definition) is 0. The van der Waals surface area contributed by atoms with E-state index in [2.05, 4.69) is 27.3 Å². The molecule has 0 spiro atoms. The number of fused-ring (bicyclic) bond motifs is 1. The van der Waals surface area contributed by atoms with Crippen LogP contribution in [-0.2, 0) is 6.54 Å². The van der Waals surface area contributed by atoms with Crippen LogP contribution < -0.4 is 0 Å².